The van der Waals surface area contributed by atoms with Crippen LogP contribution in [0.15, 0.2) is 18.2 Å². The number of nitrogen functional groups attached to an aromatic ring is 1. The van der Waals surface area contributed by atoms with E-state index in [9.17, 15) is 4.79 Å². The first-order chi connectivity index (χ1) is 9.15. The van der Waals surface area contributed by atoms with Gasteiger partial charge in [0.25, 0.3) is 0 Å². The highest BCUT2D eigenvalue weighted by Crippen LogP contribution is 2.21. The number of nitrogens with one attached hydrogen (secondary N) is 2. The Morgan fingerprint density at radius 1 is 1.26 bits per heavy atom. The largest absolute Gasteiger partial charge is 0.497 e. The molecule has 4 N–H and O–H groups in total. The lowest BCUT2D eigenvalue weighted by molar-refractivity contribution is -0.121. The van der Waals surface area contributed by atoms with E-state index in [0.717, 1.165) is 5.69 Å². The lowest BCUT2D eigenvalue weighted by Crippen LogP contribution is -2.28. The van der Waals surface area contributed by atoms with Crippen molar-refractivity contribution in [2.45, 2.75) is 6.42 Å². The average Bonchev–Trinajstić information content (AvgIpc) is 2.38. The molecule has 6 nitrogen and oxygen atoms in total. The molecule has 0 unspecified atom stereocenters. The Balaban J connectivity index is 2.32. The topological polar surface area (TPSA) is 85.6 Å². The lowest BCUT2D eigenvalue weighted by Gasteiger charge is -2.09. The molecule has 0 saturated heterocycles. The third-order valence-electron chi connectivity index (χ3n) is 2.47. The number of anilines is 2. The van der Waals surface area contributed by atoms with Gasteiger partial charge in [-0.15, -0.1) is 0 Å². The molecule has 19 heavy (non-hydrogen) atoms. The summed E-state index contributed by atoms with van der Waals surface area (Å²) < 4.78 is 9.96. The summed E-state index contributed by atoms with van der Waals surface area (Å²) in [5, 5.41) is 5.88. The fourth-order valence-corrected chi connectivity index (χ4v) is 1.54. The van der Waals surface area contributed by atoms with E-state index in [1.54, 1.807) is 26.4 Å². The van der Waals surface area contributed by atoms with E-state index in [0.29, 0.717) is 37.6 Å². The minimum absolute atomic E-state index is 0.0135. The van der Waals surface area contributed by atoms with Gasteiger partial charge in [0.05, 0.1) is 13.7 Å². The Labute approximate surface area is 113 Å². The van der Waals surface area contributed by atoms with Crippen molar-refractivity contribution in [3.63, 3.8) is 0 Å². The maximum atomic E-state index is 11.4. The highest BCUT2D eigenvalue weighted by atomic mass is 16.5. The molecule has 0 bridgehead atoms. The summed E-state index contributed by atoms with van der Waals surface area (Å²) in [6.07, 6.45) is 0.390. The van der Waals surface area contributed by atoms with Gasteiger partial charge in [-0.25, -0.2) is 0 Å². The molecular formula is C13H21N3O3. The van der Waals surface area contributed by atoms with Crippen LogP contribution in [0, 0.1) is 0 Å². The van der Waals surface area contributed by atoms with Crippen LogP contribution in [-0.4, -0.2) is 39.8 Å². The second-order valence-corrected chi connectivity index (χ2v) is 4.01. The number of rotatable bonds is 8. The van der Waals surface area contributed by atoms with Gasteiger partial charge in [-0.05, 0) is 6.07 Å². The van der Waals surface area contributed by atoms with Crippen molar-refractivity contribution in [3.05, 3.63) is 18.2 Å². The molecule has 0 aromatic heterocycles. The van der Waals surface area contributed by atoms with Crippen LogP contribution in [-0.2, 0) is 9.53 Å². The van der Waals surface area contributed by atoms with Crippen LogP contribution in [0.5, 0.6) is 5.75 Å². The number of ether oxygens (including phenoxy) is 2. The van der Waals surface area contributed by atoms with Crippen molar-refractivity contribution >= 4 is 17.3 Å². The van der Waals surface area contributed by atoms with Crippen molar-refractivity contribution in [2.75, 3.05) is 45.0 Å². The van der Waals surface area contributed by atoms with Crippen molar-refractivity contribution in [3.8, 4) is 5.75 Å². The van der Waals surface area contributed by atoms with Crippen LogP contribution < -0.4 is 21.1 Å². The van der Waals surface area contributed by atoms with E-state index in [4.69, 9.17) is 15.2 Å². The molecule has 0 saturated carbocycles. The first-order valence-electron chi connectivity index (χ1n) is 6.09. The van der Waals surface area contributed by atoms with Gasteiger partial charge < -0.3 is 25.8 Å². The molecule has 0 radical (unpaired) electrons. The molecule has 1 rings (SSSR count). The number of amides is 1. The number of carbonyl (C=O) groups is 1. The number of hydrogen-bond donors (Lipinski definition) is 3. The first-order valence-corrected chi connectivity index (χ1v) is 6.09. The van der Waals surface area contributed by atoms with Crippen LogP contribution in [0.1, 0.15) is 6.42 Å². The van der Waals surface area contributed by atoms with Crippen molar-refractivity contribution in [2.24, 2.45) is 0 Å². The van der Waals surface area contributed by atoms with Gasteiger partial charge in [-0.1, -0.05) is 0 Å². The highest BCUT2D eigenvalue weighted by Gasteiger charge is 2.02. The van der Waals surface area contributed by atoms with E-state index in [-0.39, 0.29) is 5.91 Å². The number of benzene rings is 1. The third-order valence-corrected chi connectivity index (χ3v) is 2.47. The van der Waals surface area contributed by atoms with Gasteiger partial charge in [0.2, 0.25) is 5.91 Å². The first kappa shape index (κ1) is 15.1. The maximum absolute atomic E-state index is 11.4. The molecule has 1 aromatic rings. The van der Waals surface area contributed by atoms with E-state index >= 15 is 0 Å². The Kier molecular flexibility index (Phi) is 6.52. The average molecular weight is 267 g/mol. The molecule has 106 valence electrons. The summed E-state index contributed by atoms with van der Waals surface area (Å²) in [6, 6.07) is 5.37. The van der Waals surface area contributed by atoms with Crippen LogP contribution >= 0.6 is 0 Å². The molecule has 0 aliphatic heterocycles. The molecule has 1 amide bonds. The highest BCUT2D eigenvalue weighted by molar-refractivity contribution is 5.76. The zero-order valence-electron chi connectivity index (χ0n) is 11.4. The van der Waals surface area contributed by atoms with Gasteiger partial charge in [-0.2, -0.15) is 0 Å². The van der Waals surface area contributed by atoms with Crippen molar-refractivity contribution in [1.29, 1.82) is 0 Å². The third kappa shape index (κ3) is 5.96. The van der Waals surface area contributed by atoms with E-state index < -0.39 is 0 Å². The number of carbonyl (C=O) groups excluding carboxylic acids is 1. The summed E-state index contributed by atoms with van der Waals surface area (Å²) in [6.45, 7) is 1.58. The number of methoxy groups -OCH3 is 2. The predicted octanol–water partition coefficient (Wildman–Crippen LogP) is 0.842. The molecule has 0 aliphatic rings. The van der Waals surface area contributed by atoms with Crippen LogP contribution in [0.25, 0.3) is 0 Å². The van der Waals surface area contributed by atoms with E-state index in [1.807, 2.05) is 6.07 Å². The molecular weight excluding hydrogens is 246 g/mol. The second-order valence-electron chi connectivity index (χ2n) is 4.01. The minimum atomic E-state index is -0.0135. The van der Waals surface area contributed by atoms with Gasteiger partial charge in [0.1, 0.15) is 5.75 Å². The molecule has 6 heteroatoms. The normalized spacial score (nSPS) is 10.0. The summed E-state index contributed by atoms with van der Waals surface area (Å²) in [4.78, 5) is 11.4. The Morgan fingerprint density at radius 3 is 2.74 bits per heavy atom. The standard InChI is InChI=1S/C13H21N3O3/c1-18-6-5-16-13(17)3-4-15-11-7-10(14)8-12(9-11)19-2/h7-9,15H,3-6,14H2,1-2H3,(H,16,17). The fraction of sp³-hybridized carbons (Fsp3) is 0.462. The zero-order chi connectivity index (χ0) is 14.1. The maximum Gasteiger partial charge on any atom is 0.221 e. The van der Waals surface area contributed by atoms with Gasteiger partial charge >= 0.3 is 0 Å². The Hall–Kier alpha value is -1.95. The minimum Gasteiger partial charge on any atom is -0.497 e. The van der Waals surface area contributed by atoms with Crippen molar-refractivity contribution < 1.29 is 14.3 Å². The second kappa shape index (κ2) is 8.20. The Bertz CT molecular complexity index is 410. The monoisotopic (exact) mass is 267 g/mol. The quantitative estimate of drug-likeness (QED) is 0.480. The fourth-order valence-electron chi connectivity index (χ4n) is 1.54. The predicted molar refractivity (Wildman–Crippen MR) is 75.4 cm³/mol. The summed E-state index contributed by atoms with van der Waals surface area (Å²) in [5.41, 5.74) is 7.19. The molecule has 1 aromatic carbocycles. The summed E-state index contributed by atoms with van der Waals surface area (Å²) in [5.74, 6) is 0.674. The zero-order valence-corrected chi connectivity index (χ0v) is 11.4. The van der Waals surface area contributed by atoms with Crippen LogP contribution in [0.2, 0.25) is 0 Å². The smallest absolute Gasteiger partial charge is 0.221 e. The summed E-state index contributed by atoms with van der Waals surface area (Å²) in [7, 11) is 3.18. The number of hydrogen-bond acceptors (Lipinski definition) is 5. The van der Waals surface area contributed by atoms with E-state index in [2.05, 4.69) is 10.6 Å². The molecule has 0 aliphatic carbocycles. The van der Waals surface area contributed by atoms with Gasteiger partial charge in [0.15, 0.2) is 0 Å². The van der Waals surface area contributed by atoms with Gasteiger partial charge in [-0.3, -0.25) is 4.79 Å². The lowest BCUT2D eigenvalue weighted by atomic mass is 10.2. The molecule has 0 fully saturated rings. The Morgan fingerprint density at radius 2 is 2.05 bits per heavy atom. The van der Waals surface area contributed by atoms with Gasteiger partial charge in [0, 0.05) is 50.1 Å². The summed E-state index contributed by atoms with van der Waals surface area (Å²) >= 11 is 0. The van der Waals surface area contributed by atoms with Crippen molar-refractivity contribution in [1.82, 2.24) is 5.32 Å². The number of nitrogens with two attached hydrogens (primary N) is 1. The van der Waals surface area contributed by atoms with E-state index in [1.165, 1.54) is 0 Å². The molecule has 0 spiro atoms. The van der Waals surface area contributed by atoms with Crippen LogP contribution in [0.4, 0.5) is 11.4 Å². The SMILES string of the molecule is COCCNC(=O)CCNc1cc(N)cc(OC)c1. The molecule has 0 atom stereocenters. The van der Waals surface area contributed by atoms with Crippen LogP contribution in [0.3, 0.4) is 0 Å². The molecule has 0 heterocycles.